The summed E-state index contributed by atoms with van der Waals surface area (Å²) < 4.78 is 33.1. The summed E-state index contributed by atoms with van der Waals surface area (Å²) in [5.41, 5.74) is 0. The van der Waals surface area contributed by atoms with Crippen LogP contribution < -0.4 is 0 Å². The van der Waals surface area contributed by atoms with Gasteiger partial charge in [-0.15, -0.1) is 0 Å². The molecular weight excluding hydrogens is 425 g/mol. The van der Waals surface area contributed by atoms with Crippen molar-refractivity contribution in [2.24, 2.45) is 0 Å². The van der Waals surface area contributed by atoms with Gasteiger partial charge in [0.25, 0.3) is 0 Å². The Morgan fingerprint density at radius 1 is 0.871 bits per heavy atom. The molecule has 0 aliphatic heterocycles. The highest BCUT2D eigenvalue weighted by molar-refractivity contribution is 7.47. The van der Waals surface area contributed by atoms with Gasteiger partial charge >= 0.3 is 19.8 Å². The van der Waals surface area contributed by atoms with E-state index < -0.39 is 32.5 Å². The SMILES string of the molecule is CCCCCCCC(=O)OC(COC(=O)CCCC)COP(=O)(O)OCC[N+](C)(C)C. The van der Waals surface area contributed by atoms with Crippen molar-refractivity contribution < 1.29 is 42.1 Å². The molecule has 0 aliphatic rings. The Morgan fingerprint density at radius 2 is 1.48 bits per heavy atom. The third kappa shape index (κ3) is 19.4. The van der Waals surface area contributed by atoms with Gasteiger partial charge < -0.3 is 18.9 Å². The molecule has 0 radical (unpaired) electrons. The predicted molar refractivity (Wildman–Crippen MR) is 118 cm³/mol. The third-order valence-electron chi connectivity index (χ3n) is 4.39. The monoisotopic (exact) mass is 468 g/mol. The Balaban J connectivity index is 4.61. The van der Waals surface area contributed by atoms with Crippen LogP contribution in [-0.2, 0) is 32.7 Å². The zero-order valence-corrected chi connectivity index (χ0v) is 20.9. The quantitative estimate of drug-likeness (QED) is 0.132. The molecule has 0 heterocycles. The summed E-state index contributed by atoms with van der Waals surface area (Å²) in [6.07, 6.45) is 6.02. The molecule has 10 heteroatoms. The fourth-order valence-electron chi connectivity index (χ4n) is 2.46. The van der Waals surface area contributed by atoms with E-state index in [1.807, 2.05) is 28.1 Å². The maximum absolute atomic E-state index is 12.1. The first-order valence-electron chi connectivity index (χ1n) is 11.3. The standard InChI is InChI=1S/C21H42NO8P/c1-6-8-10-11-12-14-21(24)30-19(17-27-20(23)13-9-7-2)18-29-31(25,26)28-16-15-22(3,4)5/h19H,6-18H2,1-5H3/p+1. The second-order valence-corrected chi connectivity index (χ2v) is 10.1. The number of esters is 2. The fraction of sp³-hybridized carbons (Fsp3) is 0.905. The van der Waals surface area contributed by atoms with Crippen molar-refractivity contribution >= 4 is 19.8 Å². The zero-order valence-electron chi connectivity index (χ0n) is 20.0. The van der Waals surface area contributed by atoms with Crippen LogP contribution in [0.3, 0.4) is 0 Å². The first-order chi connectivity index (χ1) is 14.5. The van der Waals surface area contributed by atoms with E-state index in [0.29, 0.717) is 23.9 Å². The van der Waals surface area contributed by atoms with E-state index in [-0.39, 0.29) is 26.1 Å². The molecule has 2 atom stereocenters. The predicted octanol–water partition coefficient (Wildman–Crippen LogP) is 3.83. The number of nitrogens with zero attached hydrogens (tertiary/aromatic N) is 1. The van der Waals surface area contributed by atoms with Crippen molar-refractivity contribution in [2.75, 3.05) is 47.5 Å². The Morgan fingerprint density at radius 3 is 2.10 bits per heavy atom. The third-order valence-corrected chi connectivity index (χ3v) is 5.37. The summed E-state index contributed by atoms with van der Waals surface area (Å²) in [5.74, 6) is -0.859. The van der Waals surface area contributed by atoms with Crippen LogP contribution in [0.15, 0.2) is 0 Å². The van der Waals surface area contributed by atoms with Crippen molar-refractivity contribution in [3.63, 3.8) is 0 Å². The normalized spacial score (nSPS) is 14.6. The number of ether oxygens (including phenoxy) is 2. The van der Waals surface area contributed by atoms with Gasteiger partial charge in [-0.2, -0.15) is 0 Å². The van der Waals surface area contributed by atoms with Crippen molar-refractivity contribution in [3.05, 3.63) is 0 Å². The summed E-state index contributed by atoms with van der Waals surface area (Å²) in [5, 5.41) is 0. The highest BCUT2D eigenvalue weighted by Crippen LogP contribution is 2.43. The lowest BCUT2D eigenvalue weighted by Crippen LogP contribution is -2.37. The minimum absolute atomic E-state index is 0.0332. The number of phosphoric ester groups is 1. The Kier molecular flexibility index (Phi) is 16.1. The molecule has 0 aromatic heterocycles. The van der Waals surface area contributed by atoms with E-state index in [2.05, 4.69) is 6.92 Å². The van der Waals surface area contributed by atoms with Crippen LogP contribution >= 0.6 is 7.82 Å². The van der Waals surface area contributed by atoms with Crippen molar-refractivity contribution in [1.82, 2.24) is 0 Å². The van der Waals surface area contributed by atoms with E-state index in [0.717, 1.165) is 32.1 Å². The van der Waals surface area contributed by atoms with E-state index in [1.165, 1.54) is 0 Å². The fourth-order valence-corrected chi connectivity index (χ4v) is 3.20. The van der Waals surface area contributed by atoms with Crippen LogP contribution in [-0.4, -0.2) is 74.9 Å². The van der Waals surface area contributed by atoms with E-state index in [1.54, 1.807) is 0 Å². The van der Waals surface area contributed by atoms with Gasteiger partial charge in [0.2, 0.25) is 0 Å². The van der Waals surface area contributed by atoms with Gasteiger partial charge in [0.05, 0.1) is 27.7 Å². The summed E-state index contributed by atoms with van der Waals surface area (Å²) in [6, 6.07) is 0. The Hall–Kier alpha value is -0.990. The Labute approximate surface area is 187 Å². The maximum atomic E-state index is 12.1. The molecular formula is C21H43NO8P+. The molecule has 0 saturated carbocycles. The second-order valence-electron chi connectivity index (χ2n) is 8.67. The zero-order chi connectivity index (χ0) is 23.8. The lowest BCUT2D eigenvalue weighted by Gasteiger charge is -2.24. The van der Waals surface area contributed by atoms with E-state index >= 15 is 0 Å². The van der Waals surface area contributed by atoms with Crippen LogP contribution in [0.25, 0.3) is 0 Å². The minimum atomic E-state index is -4.32. The van der Waals surface area contributed by atoms with Crippen LogP contribution in [0.4, 0.5) is 0 Å². The molecule has 0 aromatic carbocycles. The average molecular weight is 469 g/mol. The van der Waals surface area contributed by atoms with Crippen LogP contribution in [0.2, 0.25) is 0 Å². The number of carbonyl (C=O) groups excluding carboxylic acids is 2. The molecule has 31 heavy (non-hydrogen) atoms. The van der Waals surface area contributed by atoms with Gasteiger partial charge in [-0.1, -0.05) is 46.0 Å². The topological polar surface area (TPSA) is 108 Å². The molecule has 0 fully saturated rings. The summed E-state index contributed by atoms with van der Waals surface area (Å²) >= 11 is 0. The molecule has 0 amide bonds. The molecule has 0 aromatic rings. The van der Waals surface area contributed by atoms with Crippen LogP contribution in [0.1, 0.15) is 71.6 Å². The van der Waals surface area contributed by atoms with Gasteiger partial charge in [-0.05, 0) is 12.8 Å². The van der Waals surface area contributed by atoms with E-state index in [4.69, 9.17) is 18.5 Å². The van der Waals surface area contributed by atoms with Gasteiger partial charge in [0.1, 0.15) is 19.8 Å². The van der Waals surface area contributed by atoms with Crippen LogP contribution in [0, 0.1) is 0 Å². The molecule has 1 N–H and O–H groups in total. The lowest BCUT2D eigenvalue weighted by molar-refractivity contribution is -0.870. The summed E-state index contributed by atoms with van der Waals surface area (Å²) in [7, 11) is 1.47. The number of hydrogen-bond acceptors (Lipinski definition) is 7. The maximum Gasteiger partial charge on any atom is 0.472 e. The number of unbranched alkanes of at least 4 members (excludes halogenated alkanes) is 5. The highest BCUT2D eigenvalue weighted by Gasteiger charge is 2.26. The molecule has 0 aliphatic carbocycles. The van der Waals surface area contributed by atoms with Crippen LogP contribution in [0.5, 0.6) is 0 Å². The van der Waals surface area contributed by atoms with Gasteiger partial charge in [0.15, 0.2) is 6.10 Å². The average Bonchev–Trinajstić information content (AvgIpc) is 2.67. The molecule has 0 rings (SSSR count). The summed E-state index contributed by atoms with van der Waals surface area (Å²) in [6.45, 7) is 3.99. The smallest absolute Gasteiger partial charge is 0.462 e. The van der Waals surface area contributed by atoms with Crippen molar-refractivity contribution in [1.29, 1.82) is 0 Å². The van der Waals surface area contributed by atoms with Gasteiger partial charge in [-0.3, -0.25) is 18.6 Å². The number of quaternary nitrogens is 1. The number of likely N-dealkylation sites (N-methyl/N-ethyl adjacent to an activating group) is 1. The van der Waals surface area contributed by atoms with Gasteiger partial charge in [-0.25, -0.2) is 4.57 Å². The molecule has 0 spiro atoms. The van der Waals surface area contributed by atoms with Crippen molar-refractivity contribution in [3.8, 4) is 0 Å². The Bertz CT molecular complexity index is 550. The number of hydrogen-bond donors (Lipinski definition) is 1. The molecule has 0 saturated heterocycles. The second kappa shape index (κ2) is 16.6. The molecule has 0 bridgehead atoms. The lowest BCUT2D eigenvalue weighted by atomic mass is 10.1. The van der Waals surface area contributed by atoms with E-state index in [9.17, 15) is 19.0 Å². The van der Waals surface area contributed by atoms with Gasteiger partial charge in [0, 0.05) is 12.8 Å². The molecule has 9 nitrogen and oxygen atoms in total. The molecule has 2 unspecified atom stereocenters. The molecule has 184 valence electrons. The van der Waals surface area contributed by atoms with Crippen molar-refractivity contribution in [2.45, 2.75) is 77.7 Å². The number of carbonyl (C=O) groups is 2. The number of rotatable bonds is 19. The largest absolute Gasteiger partial charge is 0.472 e. The summed E-state index contributed by atoms with van der Waals surface area (Å²) in [4.78, 5) is 33.8. The minimum Gasteiger partial charge on any atom is -0.462 e. The first-order valence-corrected chi connectivity index (χ1v) is 12.8. The highest BCUT2D eigenvalue weighted by atomic mass is 31.2. The first kappa shape index (κ1) is 30.0. The number of phosphoric acid groups is 1.